The van der Waals surface area contributed by atoms with Gasteiger partial charge in [0.2, 0.25) is 0 Å². The van der Waals surface area contributed by atoms with E-state index in [1.165, 1.54) is 0 Å². The number of aryl methyl sites for hydroxylation is 2. The minimum Gasteiger partial charge on any atom is -0.497 e. The van der Waals surface area contributed by atoms with E-state index in [1.807, 2.05) is 24.3 Å². The summed E-state index contributed by atoms with van der Waals surface area (Å²) in [6.45, 7) is 0. The summed E-state index contributed by atoms with van der Waals surface area (Å²) in [6.07, 6.45) is 1.35. The number of nitrogens with one attached hydrogen (secondary N) is 1. The lowest BCUT2D eigenvalue weighted by molar-refractivity contribution is 0.379. The van der Waals surface area contributed by atoms with Crippen LogP contribution in [0.4, 0.5) is 5.69 Å². The summed E-state index contributed by atoms with van der Waals surface area (Å²) in [5.41, 5.74) is 6.49. The van der Waals surface area contributed by atoms with Gasteiger partial charge in [-0.15, -0.1) is 0 Å². The van der Waals surface area contributed by atoms with E-state index in [4.69, 9.17) is 15.0 Å². The first-order valence-corrected chi connectivity index (χ1v) is 5.29. The Labute approximate surface area is 98.2 Å². The molecule has 0 radical (unpaired) electrons. The van der Waals surface area contributed by atoms with E-state index in [2.05, 4.69) is 5.16 Å². The molecule has 0 fully saturated rings. The van der Waals surface area contributed by atoms with Crippen LogP contribution in [-0.4, -0.2) is 12.3 Å². The van der Waals surface area contributed by atoms with E-state index in [1.54, 1.807) is 7.11 Å². The molecule has 3 N–H and O–H groups in total. The molecule has 5 heteroatoms. The van der Waals surface area contributed by atoms with Crippen molar-refractivity contribution in [2.24, 2.45) is 0 Å². The third kappa shape index (κ3) is 2.50. The van der Waals surface area contributed by atoms with Crippen molar-refractivity contribution in [2.45, 2.75) is 12.8 Å². The van der Waals surface area contributed by atoms with E-state index >= 15 is 0 Å². The minimum atomic E-state index is -0.366. The van der Waals surface area contributed by atoms with Crippen LogP contribution in [-0.2, 0) is 12.8 Å². The number of H-pyrrole nitrogens is 1. The van der Waals surface area contributed by atoms with Crippen LogP contribution in [0.5, 0.6) is 5.75 Å². The quantitative estimate of drug-likeness (QED) is 0.836. The number of ether oxygens (including phenoxy) is 1. The predicted octanol–water partition coefficient (Wildman–Crippen LogP) is 1.34. The smallest absolute Gasteiger partial charge is 0.303 e. The highest BCUT2D eigenvalue weighted by Gasteiger charge is 2.08. The third-order valence-electron chi connectivity index (χ3n) is 2.61. The maximum absolute atomic E-state index is 11.0. The Morgan fingerprint density at radius 1 is 1.29 bits per heavy atom. The summed E-state index contributed by atoms with van der Waals surface area (Å²) in [5, 5.41) is 2.22. The molecule has 5 nitrogen and oxygen atoms in total. The van der Waals surface area contributed by atoms with Gasteiger partial charge in [0.1, 0.15) is 11.4 Å². The average molecular weight is 234 g/mol. The fourth-order valence-corrected chi connectivity index (χ4v) is 1.58. The molecule has 2 rings (SSSR count). The number of nitrogens with two attached hydrogens (primary N) is 1. The molecule has 1 heterocycles. The highest BCUT2D eigenvalue weighted by molar-refractivity contribution is 5.38. The van der Waals surface area contributed by atoms with Crippen molar-refractivity contribution >= 4 is 5.69 Å². The normalized spacial score (nSPS) is 10.4. The second-order valence-electron chi connectivity index (χ2n) is 3.72. The number of anilines is 1. The standard InChI is InChI=1S/C12H14N2O3/c1-16-9-5-2-8(3-6-9)4-7-10-11(13)12(15)14-17-10/h2-3,5-6H,4,7,13H2,1H3,(H,14,15). The number of aromatic nitrogens is 1. The summed E-state index contributed by atoms with van der Waals surface area (Å²) in [4.78, 5) is 11.0. The third-order valence-corrected chi connectivity index (χ3v) is 2.61. The van der Waals surface area contributed by atoms with Crippen molar-refractivity contribution in [3.63, 3.8) is 0 Å². The maximum Gasteiger partial charge on any atom is 0.303 e. The SMILES string of the molecule is COc1ccc(CCc2o[nH]c(=O)c2N)cc1. The van der Waals surface area contributed by atoms with Crippen molar-refractivity contribution in [1.29, 1.82) is 0 Å². The number of methoxy groups -OCH3 is 1. The molecule has 0 saturated carbocycles. The number of rotatable bonds is 4. The second kappa shape index (κ2) is 4.78. The molecule has 0 aliphatic heterocycles. The maximum atomic E-state index is 11.0. The van der Waals surface area contributed by atoms with Crippen LogP contribution in [0, 0.1) is 0 Å². The van der Waals surface area contributed by atoms with Crippen molar-refractivity contribution in [2.75, 3.05) is 12.8 Å². The van der Waals surface area contributed by atoms with Crippen molar-refractivity contribution in [3.05, 3.63) is 45.9 Å². The molecule has 0 atom stereocenters. The molecule has 1 aromatic carbocycles. The van der Waals surface area contributed by atoms with Gasteiger partial charge in [-0.2, -0.15) is 5.16 Å². The van der Waals surface area contributed by atoms with Crippen LogP contribution in [0.15, 0.2) is 33.6 Å². The molecule has 0 amide bonds. The lowest BCUT2D eigenvalue weighted by Crippen LogP contribution is -2.05. The predicted molar refractivity (Wildman–Crippen MR) is 64.1 cm³/mol. The summed E-state index contributed by atoms with van der Waals surface area (Å²) in [6, 6.07) is 7.73. The summed E-state index contributed by atoms with van der Waals surface area (Å²) in [5.74, 6) is 1.33. The van der Waals surface area contributed by atoms with Crippen LogP contribution >= 0.6 is 0 Å². The van der Waals surface area contributed by atoms with Gasteiger partial charge in [0.25, 0.3) is 0 Å². The largest absolute Gasteiger partial charge is 0.497 e. The lowest BCUT2D eigenvalue weighted by atomic mass is 10.1. The molecule has 0 unspecified atom stereocenters. The summed E-state index contributed by atoms with van der Waals surface area (Å²) in [7, 11) is 1.63. The number of aromatic amines is 1. The van der Waals surface area contributed by atoms with Crippen molar-refractivity contribution < 1.29 is 9.26 Å². The van der Waals surface area contributed by atoms with Crippen LogP contribution in [0.25, 0.3) is 0 Å². The summed E-state index contributed by atoms with van der Waals surface area (Å²) >= 11 is 0. The van der Waals surface area contributed by atoms with Crippen molar-refractivity contribution in [3.8, 4) is 5.75 Å². The van der Waals surface area contributed by atoms with Gasteiger partial charge in [-0.1, -0.05) is 12.1 Å². The van der Waals surface area contributed by atoms with E-state index in [-0.39, 0.29) is 11.2 Å². The molecule has 0 aliphatic carbocycles. The molecule has 2 aromatic rings. The fraction of sp³-hybridized carbons (Fsp3) is 0.250. The number of benzene rings is 1. The molecule has 0 spiro atoms. The van der Waals surface area contributed by atoms with Gasteiger partial charge in [0.05, 0.1) is 7.11 Å². The zero-order chi connectivity index (χ0) is 12.3. The van der Waals surface area contributed by atoms with Gasteiger partial charge in [-0.3, -0.25) is 4.79 Å². The van der Waals surface area contributed by atoms with Crippen LogP contribution in [0.1, 0.15) is 11.3 Å². The highest BCUT2D eigenvalue weighted by atomic mass is 16.5. The monoisotopic (exact) mass is 234 g/mol. The first kappa shape index (κ1) is 11.3. The Bertz CT molecular complexity index is 540. The molecule has 1 aromatic heterocycles. The molecule has 0 saturated heterocycles. The average Bonchev–Trinajstić information content (AvgIpc) is 2.68. The second-order valence-corrected chi connectivity index (χ2v) is 3.72. The number of hydrogen-bond acceptors (Lipinski definition) is 4. The topological polar surface area (TPSA) is 81.2 Å². The molecule has 17 heavy (non-hydrogen) atoms. The van der Waals surface area contributed by atoms with E-state index in [9.17, 15) is 4.79 Å². The van der Waals surface area contributed by atoms with E-state index < -0.39 is 0 Å². The number of nitrogen functional groups attached to an aromatic ring is 1. The Hall–Kier alpha value is -2.17. The fourth-order valence-electron chi connectivity index (χ4n) is 1.58. The number of hydrogen-bond donors (Lipinski definition) is 2. The minimum absolute atomic E-state index is 0.165. The van der Waals surface area contributed by atoms with Crippen LogP contribution in [0.3, 0.4) is 0 Å². The Morgan fingerprint density at radius 3 is 2.53 bits per heavy atom. The zero-order valence-electron chi connectivity index (χ0n) is 9.53. The van der Waals surface area contributed by atoms with E-state index in [0.29, 0.717) is 12.2 Å². The van der Waals surface area contributed by atoms with Gasteiger partial charge >= 0.3 is 5.56 Å². The molecule has 90 valence electrons. The summed E-state index contributed by atoms with van der Waals surface area (Å²) < 4.78 is 10.0. The first-order chi connectivity index (χ1) is 8.20. The van der Waals surface area contributed by atoms with Gasteiger partial charge in [-0.25, -0.2) is 0 Å². The molecular formula is C12H14N2O3. The Morgan fingerprint density at radius 2 is 2.00 bits per heavy atom. The van der Waals surface area contributed by atoms with Gasteiger partial charge < -0.3 is 15.0 Å². The lowest BCUT2D eigenvalue weighted by Gasteiger charge is -2.02. The molecule has 0 aliphatic rings. The van der Waals surface area contributed by atoms with Gasteiger partial charge in [0.15, 0.2) is 5.76 Å². The van der Waals surface area contributed by atoms with Gasteiger partial charge in [0, 0.05) is 6.42 Å². The van der Waals surface area contributed by atoms with Crippen LogP contribution < -0.4 is 16.0 Å². The Kier molecular flexibility index (Phi) is 3.18. The first-order valence-electron chi connectivity index (χ1n) is 5.29. The molecule has 0 bridgehead atoms. The zero-order valence-corrected chi connectivity index (χ0v) is 9.53. The van der Waals surface area contributed by atoms with E-state index in [0.717, 1.165) is 17.7 Å². The van der Waals surface area contributed by atoms with Gasteiger partial charge in [-0.05, 0) is 24.1 Å². The van der Waals surface area contributed by atoms with Crippen LogP contribution in [0.2, 0.25) is 0 Å². The Balaban J connectivity index is 2.02. The molecular weight excluding hydrogens is 220 g/mol. The highest BCUT2D eigenvalue weighted by Crippen LogP contribution is 2.14. The van der Waals surface area contributed by atoms with Crippen molar-refractivity contribution in [1.82, 2.24) is 5.16 Å².